The van der Waals surface area contributed by atoms with Crippen molar-refractivity contribution >= 4 is 35.2 Å². The number of fused-ring (bicyclic) bond motifs is 1. The zero-order chi connectivity index (χ0) is 8.72. The van der Waals surface area contributed by atoms with Gasteiger partial charge >= 0.3 is 0 Å². The molecule has 1 aromatic rings. The molecule has 2 rings (SSSR count). The molecule has 60 valence electrons. The number of benzene rings is 1. The van der Waals surface area contributed by atoms with Gasteiger partial charge in [0.25, 0.3) is 5.91 Å². The minimum absolute atomic E-state index is 0.261. The fourth-order valence-electron chi connectivity index (χ4n) is 1.05. The van der Waals surface area contributed by atoms with Crippen molar-refractivity contribution in [3.8, 4) is 0 Å². The summed E-state index contributed by atoms with van der Waals surface area (Å²) in [6.45, 7) is 0. The van der Waals surface area contributed by atoms with Crippen LogP contribution < -0.4 is 10.6 Å². The maximum absolute atomic E-state index is 10.8. The molecule has 0 unspecified atom stereocenters. The minimum Gasteiger partial charge on any atom is -0.267 e. The molecule has 0 spiro atoms. The van der Waals surface area contributed by atoms with Crippen molar-refractivity contribution in [2.45, 2.75) is 0 Å². The molecule has 1 aliphatic rings. The number of hydrogen-bond donors (Lipinski definition) is 0. The second-order valence-electron chi connectivity index (χ2n) is 2.42. The molecule has 1 amide bonds. The lowest BCUT2D eigenvalue weighted by molar-refractivity contribution is -0.112. The second-order valence-corrected chi connectivity index (χ2v) is 3.23. The summed E-state index contributed by atoms with van der Waals surface area (Å²) < 4.78 is 0. The smallest absolute Gasteiger partial charge is 0.267 e. The van der Waals surface area contributed by atoms with E-state index in [0.29, 0.717) is 15.4 Å². The fourth-order valence-corrected chi connectivity index (χ4v) is 1.38. The van der Waals surface area contributed by atoms with Crippen molar-refractivity contribution in [1.82, 2.24) is 0 Å². The number of amides is 1. The zero-order valence-corrected chi connectivity index (χ0v) is 7.36. The van der Waals surface area contributed by atoms with Gasteiger partial charge in [0, 0.05) is 11.3 Å². The van der Waals surface area contributed by atoms with E-state index in [1.165, 1.54) is 6.08 Å². The van der Waals surface area contributed by atoms with E-state index < -0.39 is 0 Å². The molecule has 0 saturated heterocycles. The molecule has 2 nitrogen and oxygen atoms in total. The molecular weight excluding hydrogens is 197 g/mol. The monoisotopic (exact) mass is 199 g/mol. The first-order chi connectivity index (χ1) is 5.66. The number of carbonyl (C=O) groups is 1. The first kappa shape index (κ1) is 7.77. The van der Waals surface area contributed by atoms with Gasteiger partial charge in [0.2, 0.25) is 0 Å². The largest absolute Gasteiger partial charge is 0.270 e. The molecule has 0 N–H and O–H groups in total. The van der Waals surface area contributed by atoms with Crippen molar-refractivity contribution < 1.29 is 4.79 Å². The molecule has 4 heteroatoms. The number of rotatable bonds is 0. The first-order valence-electron chi connectivity index (χ1n) is 3.26. The van der Waals surface area contributed by atoms with E-state index in [0.717, 1.165) is 5.22 Å². The molecule has 0 fully saturated rings. The van der Waals surface area contributed by atoms with Gasteiger partial charge in [0.1, 0.15) is 0 Å². The third kappa shape index (κ3) is 1.13. The van der Waals surface area contributed by atoms with E-state index in [-0.39, 0.29) is 5.91 Å². The maximum atomic E-state index is 10.8. The molecule has 0 aromatic heterocycles. The van der Waals surface area contributed by atoms with Crippen LogP contribution in [-0.4, -0.2) is 5.91 Å². The van der Waals surface area contributed by atoms with Gasteiger partial charge in [-0.2, -0.15) is 0 Å². The van der Waals surface area contributed by atoms with E-state index in [2.05, 4.69) is 4.99 Å². The lowest BCUT2D eigenvalue weighted by Gasteiger charge is -1.91. The van der Waals surface area contributed by atoms with E-state index >= 15 is 0 Å². The van der Waals surface area contributed by atoms with E-state index in [1.807, 2.05) is 0 Å². The summed E-state index contributed by atoms with van der Waals surface area (Å²) in [4.78, 5) is 14.5. The Morgan fingerprint density at radius 1 is 1.17 bits per heavy atom. The van der Waals surface area contributed by atoms with Gasteiger partial charge in [-0.05, 0) is 12.1 Å². The topological polar surface area (TPSA) is 29.4 Å². The van der Waals surface area contributed by atoms with Crippen LogP contribution in [0.15, 0.2) is 17.1 Å². The van der Waals surface area contributed by atoms with Crippen molar-refractivity contribution in [2.24, 2.45) is 4.99 Å². The highest BCUT2D eigenvalue weighted by Gasteiger charge is 2.05. The van der Waals surface area contributed by atoms with Crippen LogP contribution >= 0.6 is 23.2 Å². The standard InChI is InChI=1S/C8H3Cl2NO/c9-5-1-4-2-8(12)11-7(4)3-6(5)10/h1-3H. The molecule has 1 aliphatic heterocycles. The summed E-state index contributed by atoms with van der Waals surface area (Å²) in [5.74, 6) is -0.261. The van der Waals surface area contributed by atoms with Gasteiger partial charge in [-0.15, -0.1) is 0 Å². The molecule has 0 radical (unpaired) electrons. The Balaban J connectivity index is 2.89. The Morgan fingerprint density at radius 2 is 1.83 bits per heavy atom. The van der Waals surface area contributed by atoms with Crippen LogP contribution in [0.25, 0.3) is 6.08 Å². The average molecular weight is 200 g/mol. The third-order valence-electron chi connectivity index (χ3n) is 1.58. The highest BCUT2D eigenvalue weighted by atomic mass is 35.5. The fraction of sp³-hybridized carbons (Fsp3) is 0. The molecule has 0 aliphatic carbocycles. The van der Waals surface area contributed by atoms with Crippen LogP contribution in [0, 0.1) is 0 Å². The van der Waals surface area contributed by atoms with E-state index in [4.69, 9.17) is 23.2 Å². The lowest BCUT2D eigenvalue weighted by atomic mass is 10.3. The number of carbonyl (C=O) groups excluding carboxylic acids is 1. The summed E-state index contributed by atoms with van der Waals surface area (Å²) in [5, 5.41) is 2.18. The van der Waals surface area contributed by atoms with Gasteiger partial charge in [0.15, 0.2) is 0 Å². The van der Waals surface area contributed by atoms with Crippen molar-refractivity contribution in [3.63, 3.8) is 0 Å². The molecule has 1 heterocycles. The Kier molecular flexibility index (Phi) is 1.67. The SMILES string of the molecule is O=C1C=c2cc(Cl)c(Cl)cc2=N1. The van der Waals surface area contributed by atoms with E-state index in [9.17, 15) is 4.79 Å². The maximum Gasteiger partial charge on any atom is 0.270 e. The third-order valence-corrected chi connectivity index (χ3v) is 2.30. The molecule has 0 bridgehead atoms. The van der Waals surface area contributed by atoms with Gasteiger partial charge in [-0.25, -0.2) is 4.99 Å². The zero-order valence-electron chi connectivity index (χ0n) is 5.84. The number of nitrogens with zero attached hydrogens (tertiary/aromatic N) is 1. The summed E-state index contributed by atoms with van der Waals surface area (Å²) in [6.07, 6.45) is 1.43. The van der Waals surface area contributed by atoms with Gasteiger partial charge in [-0.3, -0.25) is 4.79 Å². The predicted octanol–water partition coefficient (Wildman–Crippen LogP) is 0.934. The Morgan fingerprint density at radius 3 is 2.58 bits per heavy atom. The van der Waals surface area contributed by atoms with Crippen molar-refractivity contribution in [2.75, 3.05) is 0 Å². The molecular formula is C8H3Cl2NO. The lowest BCUT2D eigenvalue weighted by Crippen LogP contribution is -2.20. The average Bonchev–Trinajstić information content (AvgIpc) is 2.30. The second kappa shape index (κ2) is 2.57. The molecule has 12 heavy (non-hydrogen) atoms. The van der Waals surface area contributed by atoms with Crippen LogP contribution in [0.1, 0.15) is 0 Å². The van der Waals surface area contributed by atoms with Crippen molar-refractivity contribution in [1.29, 1.82) is 0 Å². The van der Waals surface area contributed by atoms with Crippen LogP contribution in [-0.2, 0) is 4.79 Å². The quantitative estimate of drug-likeness (QED) is 0.612. The Bertz CT molecular complexity index is 436. The van der Waals surface area contributed by atoms with Gasteiger partial charge in [0.05, 0.1) is 15.4 Å². The van der Waals surface area contributed by atoms with Crippen LogP contribution in [0.4, 0.5) is 0 Å². The summed E-state index contributed by atoms with van der Waals surface area (Å²) >= 11 is 11.5. The van der Waals surface area contributed by atoms with Gasteiger partial charge < -0.3 is 0 Å². The first-order valence-corrected chi connectivity index (χ1v) is 4.02. The van der Waals surface area contributed by atoms with Crippen molar-refractivity contribution in [3.05, 3.63) is 32.8 Å². The highest BCUT2D eigenvalue weighted by Crippen LogP contribution is 2.16. The normalized spacial score (nSPS) is 13.7. The van der Waals surface area contributed by atoms with Crippen LogP contribution in [0.5, 0.6) is 0 Å². The Hall–Kier alpha value is -0.860. The minimum atomic E-state index is -0.261. The van der Waals surface area contributed by atoms with Crippen LogP contribution in [0.2, 0.25) is 10.0 Å². The summed E-state index contributed by atoms with van der Waals surface area (Å²) in [7, 11) is 0. The highest BCUT2D eigenvalue weighted by molar-refractivity contribution is 6.42. The van der Waals surface area contributed by atoms with Crippen LogP contribution in [0.3, 0.4) is 0 Å². The molecule has 0 saturated carbocycles. The summed E-state index contributed by atoms with van der Waals surface area (Å²) in [6, 6.07) is 3.22. The number of hydrogen-bond acceptors (Lipinski definition) is 1. The summed E-state index contributed by atoms with van der Waals surface area (Å²) in [5.41, 5.74) is 0. The number of halogens is 2. The van der Waals surface area contributed by atoms with E-state index in [1.54, 1.807) is 12.1 Å². The Labute approximate surface area is 78.1 Å². The van der Waals surface area contributed by atoms with Gasteiger partial charge in [-0.1, -0.05) is 23.2 Å². The molecule has 0 atom stereocenters. The molecule has 1 aromatic carbocycles. The predicted molar refractivity (Wildman–Crippen MR) is 46.7 cm³/mol.